The number of para-hydroxylation sites is 1. The van der Waals surface area contributed by atoms with Crippen LogP contribution in [0.5, 0.6) is 0 Å². The van der Waals surface area contributed by atoms with Crippen molar-refractivity contribution in [3.05, 3.63) is 54.4 Å². The first kappa shape index (κ1) is 11.7. The molecule has 0 saturated heterocycles. The number of hydrogen-bond acceptors (Lipinski definition) is 3. The summed E-state index contributed by atoms with van der Waals surface area (Å²) in [5, 5.41) is 1.14. The Morgan fingerprint density at radius 3 is 2.79 bits per heavy atom. The molecule has 2 N–H and O–H groups in total. The Balaban J connectivity index is 2.22. The maximum atomic E-state index is 5.95. The molecule has 0 atom stereocenters. The van der Waals surface area contributed by atoms with Crippen LogP contribution in [-0.2, 0) is 6.42 Å². The molecule has 0 radical (unpaired) electrons. The van der Waals surface area contributed by atoms with Gasteiger partial charge >= 0.3 is 0 Å². The zero-order valence-corrected chi connectivity index (χ0v) is 10.8. The average Bonchev–Trinajstić information content (AvgIpc) is 2.46. The molecule has 0 fully saturated rings. The minimum Gasteiger partial charge on any atom is -0.383 e. The van der Waals surface area contributed by atoms with Gasteiger partial charge in [0.05, 0.1) is 5.52 Å². The minimum absolute atomic E-state index is 0.605. The molecular formula is C16H15N3. The first-order valence-electron chi connectivity index (χ1n) is 6.38. The number of nitrogen functional groups attached to an aromatic ring is 1. The lowest BCUT2D eigenvalue weighted by atomic mass is 9.99. The van der Waals surface area contributed by atoms with Gasteiger partial charge in [-0.05, 0) is 30.2 Å². The van der Waals surface area contributed by atoms with E-state index in [1.807, 2.05) is 30.5 Å². The predicted octanol–water partition coefficient (Wildman–Crippen LogP) is 3.44. The fraction of sp³-hybridized carbons (Fsp3) is 0.125. The van der Waals surface area contributed by atoms with Gasteiger partial charge in [-0.1, -0.05) is 25.1 Å². The van der Waals surface area contributed by atoms with Crippen LogP contribution in [0.4, 0.5) is 5.82 Å². The smallest absolute Gasteiger partial charge is 0.127 e. The van der Waals surface area contributed by atoms with Crippen LogP contribution in [-0.4, -0.2) is 9.97 Å². The molecule has 2 aromatic heterocycles. The second-order valence-electron chi connectivity index (χ2n) is 4.49. The van der Waals surface area contributed by atoms with Crippen molar-refractivity contribution in [2.24, 2.45) is 0 Å². The van der Waals surface area contributed by atoms with Gasteiger partial charge in [0, 0.05) is 28.9 Å². The highest BCUT2D eigenvalue weighted by Crippen LogP contribution is 2.28. The summed E-state index contributed by atoms with van der Waals surface area (Å²) in [6.07, 6.45) is 4.51. The lowest BCUT2D eigenvalue weighted by molar-refractivity contribution is 1.11. The number of pyridine rings is 2. The van der Waals surface area contributed by atoms with E-state index in [2.05, 4.69) is 29.0 Å². The molecule has 0 bridgehead atoms. The summed E-state index contributed by atoms with van der Waals surface area (Å²) in [7, 11) is 0. The number of nitrogens with zero attached hydrogens (tertiary/aromatic N) is 2. The Morgan fingerprint density at radius 2 is 1.95 bits per heavy atom. The Kier molecular flexibility index (Phi) is 2.88. The molecule has 19 heavy (non-hydrogen) atoms. The third kappa shape index (κ3) is 2.03. The summed E-state index contributed by atoms with van der Waals surface area (Å²) in [6.45, 7) is 2.09. The summed E-state index contributed by atoms with van der Waals surface area (Å²) in [5.41, 5.74) is 10.2. The van der Waals surface area contributed by atoms with Crippen LogP contribution in [0.3, 0.4) is 0 Å². The topological polar surface area (TPSA) is 51.8 Å². The third-order valence-electron chi connectivity index (χ3n) is 3.34. The van der Waals surface area contributed by atoms with Gasteiger partial charge in [-0.15, -0.1) is 0 Å². The van der Waals surface area contributed by atoms with Crippen LogP contribution < -0.4 is 5.73 Å². The maximum absolute atomic E-state index is 5.95. The summed E-state index contributed by atoms with van der Waals surface area (Å²) < 4.78 is 0. The van der Waals surface area contributed by atoms with Crippen molar-refractivity contribution in [2.75, 3.05) is 5.73 Å². The fourth-order valence-corrected chi connectivity index (χ4v) is 2.37. The van der Waals surface area contributed by atoms with E-state index in [0.717, 1.165) is 34.0 Å². The molecule has 0 aliphatic rings. The fourth-order valence-electron chi connectivity index (χ4n) is 2.37. The largest absolute Gasteiger partial charge is 0.383 e. The van der Waals surface area contributed by atoms with E-state index >= 15 is 0 Å². The minimum atomic E-state index is 0.605. The molecule has 2 heterocycles. The molecule has 0 amide bonds. The number of fused-ring (bicyclic) bond motifs is 1. The van der Waals surface area contributed by atoms with Crippen LogP contribution in [0.2, 0.25) is 0 Å². The molecule has 3 heteroatoms. The quantitative estimate of drug-likeness (QED) is 0.757. The van der Waals surface area contributed by atoms with Crippen LogP contribution in [0, 0.1) is 0 Å². The van der Waals surface area contributed by atoms with Crippen molar-refractivity contribution >= 4 is 16.7 Å². The van der Waals surface area contributed by atoms with Crippen molar-refractivity contribution in [1.29, 1.82) is 0 Å². The molecule has 3 nitrogen and oxygen atoms in total. The molecule has 0 aliphatic carbocycles. The summed E-state index contributed by atoms with van der Waals surface area (Å²) in [5.74, 6) is 0.605. The van der Waals surface area contributed by atoms with Crippen molar-refractivity contribution in [2.45, 2.75) is 13.3 Å². The third-order valence-corrected chi connectivity index (χ3v) is 3.34. The van der Waals surface area contributed by atoms with E-state index in [-0.39, 0.29) is 0 Å². The SMILES string of the molecule is CCc1c(-c2cnc3ccccc3c2)ccnc1N. The zero-order valence-electron chi connectivity index (χ0n) is 10.8. The van der Waals surface area contributed by atoms with E-state index in [1.54, 1.807) is 6.20 Å². The van der Waals surface area contributed by atoms with Crippen LogP contribution in [0.15, 0.2) is 48.8 Å². The standard InChI is InChI=1S/C16H15N3/c1-2-13-14(7-8-18-16(13)17)12-9-11-5-3-4-6-15(11)19-10-12/h3-10H,2H2,1H3,(H2,17,18). The van der Waals surface area contributed by atoms with Crippen LogP contribution in [0.25, 0.3) is 22.0 Å². The lowest BCUT2D eigenvalue weighted by Crippen LogP contribution is -1.99. The summed E-state index contributed by atoms with van der Waals surface area (Å²) >= 11 is 0. The van der Waals surface area contributed by atoms with E-state index in [1.165, 1.54) is 0 Å². The van der Waals surface area contributed by atoms with E-state index in [9.17, 15) is 0 Å². The molecule has 1 aromatic carbocycles. The van der Waals surface area contributed by atoms with Gasteiger partial charge in [-0.25, -0.2) is 4.98 Å². The molecule has 0 aliphatic heterocycles. The first-order valence-corrected chi connectivity index (χ1v) is 6.38. The highest BCUT2D eigenvalue weighted by Gasteiger charge is 2.08. The van der Waals surface area contributed by atoms with Crippen LogP contribution >= 0.6 is 0 Å². The van der Waals surface area contributed by atoms with E-state index in [0.29, 0.717) is 5.82 Å². The Bertz CT molecular complexity index is 735. The van der Waals surface area contributed by atoms with Crippen molar-refractivity contribution < 1.29 is 0 Å². The monoisotopic (exact) mass is 249 g/mol. The van der Waals surface area contributed by atoms with Crippen molar-refractivity contribution in [3.63, 3.8) is 0 Å². The first-order chi connectivity index (χ1) is 9.29. The molecule has 3 aromatic rings. The average molecular weight is 249 g/mol. The van der Waals surface area contributed by atoms with Crippen molar-refractivity contribution in [1.82, 2.24) is 9.97 Å². The summed E-state index contributed by atoms with van der Waals surface area (Å²) in [6, 6.07) is 12.3. The molecule has 94 valence electrons. The molecule has 0 unspecified atom stereocenters. The number of rotatable bonds is 2. The number of anilines is 1. The van der Waals surface area contributed by atoms with Gasteiger partial charge in [-0.3, -0.25) is 4.98 Å². The lowest BCUT2D eigenvalue weighted by Gasteiger charge is -2.10. The van der Waals surface area contributed by atoms with Gasteiger partial charge < -0.3 is 5.73 Å². The van der Waals surface area contributed by atoms with E-state index < -0.39 is 0 Å². The molecule has 0 saturated carbocycles. The molecule has 0 spiro atoms. The van der Waals surface area contributed by atoms with Crippen molar-refractivity contribution in [3.8, 4) is 11.1 Å². The van der Waals surface area contributed by atoms with Gasteiger partial charge in [0.15, 0.2) is 0 Å². The predicted molar refractivity (Wildman–Crippen MR) is 78.8 cm³/mol. The van der Waals surface area contributed by atoms with Gasteiger partial charge in [0.2, 0.25) is 0 Å². The maximum Gasteiger partial charge on any atom is 0.127 e. The van der Waals surface area contributed by atoms with Gasteiger partial charge in [0.25, 0.3) is 0 Å². The van der Waals surface area contributed by atoms with Gasteiger partial charge in [0.1, 0.15) is 5.82 Å². The Morgan fingerprint density at radius 1 is 1.11 bits per heavy atom. The normalized spacial score (nSPS) is 10.8. The Labute approximate surface area is 112 Å². The number of benzene rings is 1. The number of aromatic nitrogens is 2. The number of hydrogen-bond donors (Lipinski definition) is 1. The molecule has 3 rings (SSSR count). The second-order valence-corrected chi connectivity index (χ2v) is 4.49. The van der Waals surface area contributed by atoms with Crippen LogP contribution in [0.1, 0.15) is 12.5 Å². The highest BCUT2D eigenvalue weighted by atomic mass is 14.8. The summed E-state index contributed by atoms with van der Waals surface area (Å²) in [4.78, 5) is 8.66. The Hall–Kier alpha value is -2.42. The van der Waals surface area contributed by atoms with Gasteiger partial charge in [-0.2, -0.15) is 0 Å². The molecular weight excluding hydrogens is 234 g/mol. The number of nitrogens with two attached hydrogens (primary N) is 1. The zero-order chi connectivity index (χ0) is 13.2. The highest BCUT2D eigenvalue weighted by molar-refractivity contribution is 5.84. The second kappa shape index (κ2) is 4.69. The van der Waals surface area contributed by atoms with E-state index in [4.69, 9.17) is 5.73 Å².